The van der Waals surface area contributed by atoms with Crippen LogP contribution in [0.5, 0.6) is 11.5 Å². The van der Waals surface area contributed by atoms with Gasteiger partial charge in [-0.3, -0.25) is 4.79 Å². The van der Waals surface area contributed by atoms with Gasteiger partial charge in [-0.15, -0.1) is 0 Å². The molecular weight excluding hydrogens is 414 g/mol. The molecule has 7 nitrogen and oxygen atoms in total. The van der Waals surface area contributed by atoms with E-state index in [4.69, 9.17) is 19.2 Å². The van der Waals surface area contributed by atoms with Crippen molar-refractivity contribution in [3.63, 3.8) is 0 Å². The van der Waals surface area contributed by atoms with Crippen molar-refractivity contribution in [3.05, 3.63) is 58.8 Å². The Labute approximate surface area is 184 Å². The van der Waals surface area contributed by atoms with E-state index < -0.39 is 0 Å². The van der Waals surface area contributed by atoms with Crippen molar-refractivity contribution >= 4 is 23.1 Å². The molecule has 31 heavy (non-hydrogen) atoms. The number of aromatic nitrogens is 1. The van der Waals surface area contributed by atoms with Crippen LogP contribution in [-0.4, -0.2) is 56.5 Å². The second-order valence-corrected chi connectivity index (χ2v) is 8.17. The molecule has 1 N–H and O–H groups in total. The van der Waals surface area contributed by atoms with Crippen LogP contribution in [0.15, 0.2) is 53.2 Å². The number of thiophene rings is 1. The lowest BCUT2D eigenvalue weighted by Crippen LogP contribution is -2.42. The zero-order valence-corrected chi connectivity index (χ0v) is 17.8. The molecule has 1 unspecified atom stereocenters. The molecule has 160 valence electrons. The van der Waals surface area contributed by atoms with Gasteiger partial charge in [0.25, 0.3) is 5.91 Å². The van der Waals surface area contributed by atoms with E-state index in [0.717, 1.165) is 17.0 Å². The van der Waals surface area contributed by atoms with Gasteiger partial charge in [0, 0.05) is 24.0 Å². The zero-order chi connectivity index (χ0) is 21.0. The topological polar surface area (TPSA) is 72.9 Å². The Balaban J connectivity index is 1.33. The number of amides is 1. The number of nitrogens with one attached hydrogen (secondary N) is 1. The fraction of sp³-hybridized carbons (Fsp3) is 0.304. The summed E-state index contributed by atoms with van der Waals surface area (Å²) in [5.74, 6) is 1.95. The van der Waals surface area contributed by atoms with E-state index in [2.05, 4.69) is 15.6 Å². The SMILES string of the molecule is O=C(NCC1COc2ccccc2O1)c1ccc(-c2ccsc2)nc1N1CCOCC1. The predicted octanol–water partition coefficient (Wildman–Crippen LogP) is 3.22. The van der Waals surface area contributed by atoms with Gasteiger partial charge >= 0.3 is 0 Å². The standard InChI is InChI=1S/C23H23N3O4S/c27-23(24-13-17-14-29-20-3-1-2-4-21(20)30-17)18-5-6-19(16-7-12-31-15-16)25-22(18)26-8-10-28-11-9-26/h1-7,12,15,17H,8-11,13-14H2,(H,24,27). The number of fused-ring (bicyclic) bond motifs is 1. The molecule has 3 aromatic rings. The number of ether oxygens (including phenoxy) is 3. The summed E-state index contributed by atoms with van der Waals surface area (Å²) in [5, 5.41) is 7.08. The van der Waals surface area contributed by atoms with Crippen molar-refractivity contribution in [2.45, 2.75) is 6.10 Å². The van der Waals surface area contributed by atoms with Crippen LogP contribution in [0.4, 0.5) is 5.82 Å². The Kier molecular flexibility index (Phi) is 5.73. The van der Waals surface area contributed by atoms with Crippen LogP contribution in [0.1, 0.15) is 10.4 Å². The van der Waals surface area contributed by atoms with Gasteiger partial charge in [-0.1, -0.05) is 12.1 Å². The molecule has 4 heterocycles. The van der Waals surface area contributed by atoms with Crippen LogP contribution >= 0.6 is 11.3 Å². The molecule has 1 fully saturated rings. The minimum Gasteiger partial charge on any atom is -0.486 e. The van der Waals surface area contributed by atoms with Gasteiger partial charge in [0.05, 0.1) is 31.0 Å². The number of pyridine rings is 1. The molecule has 0 aliphatic carbocycles. The van der Waals surface area contributed by atoms with Gasteiger partial charge in [0.1, 0.15) is 18.5 Å². The maximum atomic E-state index is 13.1. The fourth-order valence-electron chi connectivity index (χ4n) is 3.68. The second kappa shape index (κ2) is 8.95. The van der Waals surface area contributed by atoms with Crippen LogP contribution in [0.25, 0.3) is 11.3 Å². The first-order chi connectivity index (χ1) is 15.3. The summed E-state index contributed by atoms with van der Waals surface area (Å²) in [6.07, 6.45) is -0.247. The average Bonchev–Trinajstić information content (AvgIpc) is 3.38. The van der Waals surface area contributed by atoms with Crippen LogP contribution in [0, 0.1) is 0 Å². The van der Waals surface area contributed by atoms with Crippen LogP contribution in [0.3, 0.4) is 0 Å². The van der Waals surface area contributed by atoms with E-state index in [0.29, 0.717) is 56.6 Å². The third kappa shape index (κ3) is 4.35. The van der Waals surface area contributed by atoms with Crippen LogP contribution in [0.2, 0.25) is 0 Å². The number of hydrogen-bond donors (Lipinski definition) is 1. The molecule has 0 saturated carbocycles. The average molecular weight is 438 g/mol. The molecular formula is C23H23N3O4S. The third-order valence-electron chi connectivity index (χ3n) is 5.31. The first kappa shape index (κ1) is 19.8. The highest BCUT2D eigenvalue weighted by molar-refractivity contribution is 7.08. The normalized spacial score (nSPS) is 17.9. The van der Waals surface area contributed by atoms with Crippen molar-refractivity contribution in [2.75, 3.05) is 44.4 Å². The first-order valence-electron chi connectivity index (χ1n) is 10.3. The molecule has 1 atom stereocenters. The molecule has 1 aromatic carbocycles. The van der Waals surface area contributed by atoms with Crippen molar-refractivity contribution in [3.8, 4) is 22.8 Å². The van der Waals surface area contributed by atoms with Gasteiger partial charge in [-0.2, -0.15) is 11.3 Å². The first-order valence-corrected chi connectivity index (χ1v) is 11.3. The largest absolute Gasteiger partial charge is 0.486 e. The highest BCUT2D eigenvalue weighted by Crippen LogP contribution is 2.31. The van der Waals surface area contributed by atoms with Gasteiger partial charge in [-0.25, -0.2) is 4.98 Å². The number of hydrogen-bond acceptors (Lipinski definition) is 7. The Hall–Kier alpha value is -3.10. The Morgan fingerprint density at radius 3 is 2.77 bits per heavy atom. The van der Waals surface area contributed by atoms with E-state index in [1.165, 1.54) is 0 Å². The highest BCUT2D eigenvalue weighted by Gasteiger charge is 2.24. The van der Waals surface area contributed by atoms with Crippen molar-refractivity contribution in [1.29, 1.82) is 0 Å². The quantitative estimate of drug-likeness (QED) is 0.661. The highest BCUT2D eigenvalue weighted by atomic mass is 32.1. The third-order valence-corrected chi connectivity index (χ3v) is 5.99. The van der Waals surface area contributed by atoms with Gasteiger partial charge in [0.2, 0.25) is 0 Å². The molecule has 5 rings (SSSR count). The fourth-order valence-corrected chi connectivity index (χ4v) is 4.33. The summed E-state index contributed by atoms with van der Waals surface area (Å²) in [5.41, 5.74) is 2.47. The second-order valence-electron chi connectivity index (χ2n) is 7.39. The number of para-hydroxylation sites is 2. The lowest BCUT2D eigenvalue weighted by atomic mass is 10.1. The molecule has 2 aromatic heterocycles. The number of nitrogens with zero attached hydrogens (tertiary/aromatic N) is 2. The minimum atomic E-state index is -0.247. The van der Waals surface area contributed by atoms with Crippen molar-refractivity contribution < 1.29 is 19.0 Å². The summed E-state index contributed by atoms with van der Waals surface area (Å²) in [4.78, 5) is 20.1. The number of carbonyl (C=O) groups excluding carboxylic acids is 1. The summed E-state index contributed by atoms with van der Waals surface area (Å²) < 4.78 is 17.2. The molecule has 8 heteroatoms. The van der Waals surface area contributed by atoms with Crippen molar-refractivity contribution in [1.82, 2.24) is 10.3 Å². The maximum absolute atomic E-state index is 13.1. The number of anilines is 1. The molecule has 0 radical (unpaired) electrons. The van der Waals surface area contributed by atoms with Gasteiger partial charge < -0.3 is 24.4 Å². The van der Waals surface area contributed by atoms with E-state index >= 15 is 0 Å². The van der Waals surface area contributed by atoms with Crippen LogP contribution < -0.4 is 19.7 Å². The van der Waals surface area contributed by atoms with Crippen molar-refractivity contribution in [2.24, 2.45) is 0 Å². The summed E-state index contributed by atoms with van der Waals surface area (Å²) in [6, 6.07) is 13.3. The molecule has 0 bridgehead atoms. The van der Waals surface area contributed by atoms with E-state index in [1.54, 1.807) is 11.3 Å². The van der Waals surface area contributed by atoms with E-state index in [-0.39, 0.29) is 12.0 Å². The molecule has 2 aliphatic rings. The molecule has 0 spiro atoms. The Morgan fingerprint density at radius 1 is 1.13 bits per heavy atom. The summed E-state index contributed by atoms with van der Waals surface area (Å²) >= 11 is 1.63. The monoisotopic (exact) mass is 437 g/mol. The number of morpholine rings is 1. The maximum Gasteiger partial charge on any atom is 0.255 e. The smallest absolute Gasteiger partial charge is 0.255 e. The number of rotatable bonds is 5. The molecule has 1 saturated heterocycles. The molecule has 2 aliphatic heterocycles. The Morgan fingerprint density at radius 2 is 1.97 bits per heavy atom. The Bertz CT molecular complexity index is 1050. The number of benzene rings is 1. The summed E-state index contributed by atoms with van der Waals surface area (Å²) in [6.45, 7) is 3.40. The molecule has 1 amide bonds. The van der Waals surface area contributed by atoms with Gasteiger partial charge in [0.15, 0.2) is 11.5 Å². The van der Waals surface area contributed by atoms with E-state index in [1.807, 2.05) is 47.8 Å². The van der Waals surface area contributed by atoms with Gasteiger partial charge in [-0.05, 0) is 35.7 Å². The van der Waals surface area contributed by atoms with Crippen LogP contribution in [-0.2, 0) is 4.74 Å². The lowest BCUT2D eigenvalue weighted by Gasteiger charge is -2.30. The lowest BCUT2D eigenvalue weighted by molar-refractivity contribution is 0.0788. The summed E-state index contributed by atoms with van der Waals surface area (Å²) in [7, 11) is 0. The van der Waals surface area contributed by atoms with E-state index in [9.17, 15) is 4.79 Å². The predicted molar refractivity (Wildman–Crippen MR) is 119 cm³/mol. The minimum absolute atomic E-state index is 0.173. The zero-order valence-electron chi connectivity index (χ0n) is 17.0. The number of carbonyl (C=O) groups is 1.